The van der Waals surface area contributed by atoms with Gasteiger partial charge in [-0.25, -0.2) is 0 Å². The number of halogens is 2. The smallest absolute Gasteiger partial charge is 0.310 e. The van der Waals surface area contributed by atoms with Crippen molar-refractivity contribution in [3.05, 3.63) is 28.2 Å². The Labute approximate surface area is 152 Å². The van der Waals surface area contributed by atoms with Crippen LogP contribution in [0.1, 0.15) is 26.7 Å². The van der Waals surface area contributed by atoms with Crippen LogP contribution < -0.4 is 5.32 Å². The van der Waals surface area contributed by atoms with E-state index in [2.05, 4.69) is 5.32 Å². The highest BCUT2D eigenvalue weighted by atomic mass is 35.5. The van der Waals surface area contributed by atoms with Crippen molar-refractivity contribution < 1.29 is 14.3 Å². The number of hydrogen-bond donors (Lipinski definition) is 1. The molecule has 24 heavy (non-hydrogen) atoms. The van der Waals surface area contributed by atoms with Gasteiger partial charge in [0, 0.05) is 11.6 Å². The van der Waals surface area contributed by atoms with Crippen LogP contribution in [0.2, 0.25) is 10.0 Å². The second kappa shape index (κ2) is 8.70. The van der Waals surface area contributed by atoms with Crippen molar-refractivity contribution in [1.82, 2.24) is 4.90 Å². The lowest BCUT2D eigenvalue weighted by molar-refractivity contribution is -0.150. The summed E-state index contributed by atoms with van der Waals surface area (Å²) in [5.41, 5.74) is 0.486. The van der Waals surface area contributed by atoms with Gasteiger partial charge in [0.15, 0.2) is 0 Å². The molecule has 0 saturated carbocycles. The largest absolute Gasteiger partial charge is 0.466 e. The number of carbonyl (C=O) groups is 2. The van der Waals surface area contributed by atoms with E-state index in [9.17, 15) is 9.59 Å². The van der Waals surface area contributed by atoms with Gasteiger partial charge >= 0.3 is 5.97 Å². The monoisotopic (exact) mass is 372 g/mol. The van der Waals surface area contributed by atoms with Crippen molar-refractivity contribution in [3.8, 4) is 0 Å². The second-order valence-corrected chi connectivity index (χ2v) is 6.72. The van der Waals surface area contributed by atoms with E-state index >= 15 is 0 Å². The topological polar surface area (TPSA) is 58.6 Å². The fraction of sp³-hybridized carbons (Fsp3) is 0.529. The highest BCUT2D eigenvalue weighted by Crippen LogP contribution is 2.26. The molecule has 1 saturated heterocycles. The molecular formula is C17H22Cl2N2O3. The number of anilines is 1. The number of likely N-dealkylation sites (tertiary alicyclic amines) is 1. The molecule has 1 N–H and O–H groups in total. The van der Waals surface area contributed by atoms with E-state index < -0.39 is 0 Å². The van der Waals surface area contributed by atoms with Crippen LogP contribution in [0.5, 0.6) is 0 Å². The van der Waals surface area contributed by atoms with Crippen molar-refractivity contribution in [1.29, 1.82) is 0 Å². The molecule has 0 radical (unpaired) electrons. The van der Waals surface area contributed by atoms with E-state index in [-0.39, 0.29) is 23.8 Å². The van der Waals surface area contributed by atoms with Crippen LogP contribution in [0.25, 0.3) is 0 Å². The Bertz CT molecular complexity index is 609. The highest BCUT2D eigenvalue weighted by Gasteiger charge is 2.31. The molecule has 1 aliphatic rings. The Morgan fingerprint density at radius 3 is 2.88 bits per heavy atom. The molecule has 1 fully saturated rings. The molecule has 2 rings (SSSR count). The van der Waals surface area contributed by atoms with Gasteiger partial charge in [-0.2, -0.15) is 0 Å². The molecule has 1 amide bonds. The van der Waals surface area contributed by atoms with Gasteiger partial charge in [0.25, 0.3) is 0 Å². The Kier molecular flexibility index (Phi) is 6.90. The number of nitrogens with zero attached hydrogens (tertiary/aromatic N) is 1. The minimum absolute atomic E-state index is 0.177. The van der Waals surface area contributed by atoms with Crippen molar-refractivity contribution in [3.63, 3.8) is 0 Å². The summed E-state index contributed by atoms with van der Waals surface area (Å²) in [6.07, 6.45) is 1.66. The number of carbonyl (C=O) groups excluding carboxylic acids is 2. The minimum Gasteiger partial charge on any atom is -0.466 e. The molecule has 1 aromatic carbocycles. The van der Waals surface area contributed by atoms with Gasteiger partial charge in [-0.15, -0.1) is 0 Å². The average molecular weight is 373 g/mol. The third-order valence-corrected chi connectivity index (χ3v) is 4.75. The summed E-state index contributed by atoms with van der Waals surface area (Å²) in [6, 6.07) is 4.54. The molecule has 0 spiro atoms. The summed E-state index contributed by atoms with van der Waals surface area (Å²) >= 11 is 12.0. The molecule has 0 bridgehead atoms. The maximum atomic E-state index is 12.5. The third-order valence-electron chi connectivity index (χ3n) is 4.19. The number of hydrogen-bond acceptors (Lipinski definition) is 4. The summed E-state index contributed by atoms with van der Waals surface area (Å²) in [5, 5.41) is 3.74. The summed E-state index contributed by atoms with van der Waals surface area (Å²) in [4.78, 5) is 26.4. The number of piperidine rings is 1. The van der Waals surface area contributed by atoms with Crippen LogP contribution in [0, 0.1) is 5.92 Å². The molecule has 1 heterocycles. The van der Waals surface area contributed by atoms with E-state index in [1.807, 2.05) is 11.8 Å². The molecular weight excluding hydrogens is 351 g/mol. The van der Waals surface area contributed by atoms with Gasteiger partial charge in [-0.1, -0.05) is 23.2 Å². The molecule has 7 heteroatoms. The van der Waals surface area contributed by atoms with E-state index in [0.29, 0.717) is 28.9 Å². The normalized spacial score (nSPS) is 19.6. The van der Waals surface area contributed by atoms with Gasteiger partial charge < -0.3 is 10.1 Å². The first-order valence-electron chi connectivity index (χ1n) is 8.09. The Morgan fingerprint density at radius 2 is 2.17 bits per heavy atom. The Hall–Kier alpha value is -1.30. The van der Waals surface area contributed by atoms with Gasteiger partial charge in [-0.3, -0.25) is 14.5 Å². The molecule has 1 aromatic rings. The van der Waals surface area contributed by atoms with Crippen LogP contribution in [0.4, 0.5) is 5.69 Å². The second-order valence-electron chi connectivity index (χ2n) is 5.88. The number of rotatable bonds is 5. The summed E-state index contributed by atoms with van der Waals surface area (Å²) in [7, 11) is 0. The van der Waals surface area contributed by atoms with Gasteiger partial charge in [0.2, 0.25) is 5.91 Å². The van der Waals surface area contributed by atoms with Crippen LogP contribution in [-0.4, -0.2) is 42.5 Å². The first-order valence-corrected chi connectivity index (χ1v) is 8.84. The lowest BCUT2D eigenvalue weighted by Crippen LogP contribution is -2.48. The molecule has 1 aliphatic heterocycles. The predicted octanol–water partition coefficient (Wildman–Crippen LogP) is 3.60. The Morgan fingerprint density at radius 1 is 1.42 bits per heavy atom. The zero-order valence-corrected chi connectivity index (χ0v) is 15.4. The van der Waals surface area contributed by atoms with Crippen LogP contribution in [-0.2, 0) is 14.3 Å². The number of esters is 1. The quantitative estimate of drug-likeness (QED) is 0.802. The van der Waals surface area contributed by atoms with Crippen molar-refractivity contribution >= 4 is 40.8 Å². The molecule has 132 valence electrons. The molecule has 5 nitrogen and oxygen atoms in total. The zero-order chi connectivity index (χ0) is 17.7. The SMILES string of the molecule is CCOC(=O)[C@@H]1CCCN([C@H](C)C(=O)Nc2cc(Cl)ccc2Cl)C1. The van der Waals surface area contributed by atoms with E-state index in [1.54, 1.807) is 25.1 Å². The number of nitrogens with one attached hydrogen (secondary N) is 1. The number of ether oxygens (including phenoxy) is 1. The van der Waals surface area contributed by atoms with Gasteiger partial charge in [-0.05, 0) is 51.4 Å². The molecule has 2 atom stereocenters. The van der Waals surface area contributed by atoms with Crippen molar-refractivity contribution in [2.24, 2.45) is 5.92 Å². The van der Waals surface area contributed by atoms with Gasteiger partial charge in [0.1, 0.15) is 0 Å². The van der Waals surface area contributed by atoms with Crippen LogP contribution in [0.3, 0.4) is 0 Å². The molecule has 0 aromatic heterocycles. The van der Waals surface area contributed by atoms with Crippen LogP contribution in [0.15, 0.2) is 18.2 Å². The predicted molar refractivity (Wildman–Crippen MR) is 95.5 cm³/mol. The van der Waals surface area contributed by atoms with E-state index in [1.165, 1.54) is 0 Å². The first kappa shape index (κ1) is 19.0. The van der Waals surface area contributed by atoms with Crippen molar-refractivity contribution in [2.75, 3.05) is 25.0 Å². The fourth-order valence-corrected chi connectivity index (χ4v) is 3.14. The lowest BCUT2D eigenvalue weighted by Gasteiger charge is -2.35. The molecule has 0 unspecified atom stereocenters. The van der Waals surface area contributed by atoms with Gasteiger partial charge in [0.05, 0.1) is 29.3 Å². The summed E-state index contributed by atoms with van der Waals surface area (Å²) in [6.45, 7) is 5.29. The zero-order valence-electron chi connectivity index (χ0n) is 13.9. The highest BCUT2D eigenvalue weighted by molar-refractivity contribution is 6.35. The number of benzene rings is 1. The van der Waals surface area contributed by atoms with Crippen LogP contribution >= 0.6 is 23.2 Å². The standard InChI is InChI=1S/C17H22Cl2N2O3/c1-3-24-17(23)12-5-4-8-21(10-12)11(2)16(22)20-15-9-13(18)6-7-14(15)19/h6-7,9,11-12H,3-5,8,10H2,1-2H3,(H,20,22)/t11-,12-/m1/s1. The molecule has 0 aliphatic carbocycles. The maximum absolute atomic E-state index is 12.5. The fourth-order valence-electron chi connectivity index (χ4n) is 2.81. The Balaban J connectivity index is 1.99. The summed E-state index contributed by atoms with van der Waals surface area (Å²) in [5.74, 6) is -0.542. The van der Waals surface area contributed by atoms with Crippen molar-refractivity contribution in [2.45, 2.75) is 32.7 Å². The third kappa shape index (κ3) is 4.85. The first-order chi connectivity index (χ1) is 11.4. The minimum atomic E-state index is -0.378. The summed E-state index contributed by atoms with van der Waals surface area (Å²) < 4.78 is 5.10. The maximum Gasteiger partial charge on any atom is 0.310 e. The number of amides is 1. The average Bonchev–Trinajstić information content (AvgIpc) is 2.57. The van der Waals surface area contributed by atoms with E-state index in [0.717, 1.165) is 19.4 Å². The van der Waals surface area contributed by atoms with E-state index in [4.69, 9.17) is 27.9 Å². The lowest BCUT2D eigenvalue weighted by atomic mass is 9.97.